The van der Waals surface area contributed by atoms with Crippen LogP contribution in [0.1, 0.15) is 47.7 Å². The first kappa shape index (κ1) is 20.1. The van der Waals surface area contributed by atoms with Crippen molar-refractivity contribution in [2.45, 2.75) is 36.7 Å². The molecule has 0 aliphatic carbocycles. The van der Waals surface area contributed by atoms with Crippen LogP contribution in [0.3, 0.4) is 0 Å². The molecule has 0 radical (unpaired) electrons. The lowest BCUT2D eigenvalue weighted by Gasteiger charge is -2.29. The van der Waals surface area contributed by atoms with Gasteiger partial charge in [0.15, 0.2) is 0 Å². The van der Waals surface area contributed by atoms with Gasteiger partial charge in [0.25, 0.3) is 15.9 Å². The van der Waals surface area contributed by atoms with Gasteiger partial charge in [0.05, 0.1) is 11.3 Å². The number of nitrogens with zero attached hydrogens (tertiary/aromatic N) is 2. The van der Waals surface area contributed by atoms with E-state index in [0.717, 1.165) is 19.3 Å². The number of rotatable bonds is 4. The van der Waals surface area contributed by atoms with Gasteiger partial charge in [-0.05, 0) is 31.0 Å². The van der Waals surface area contributed by atoms with Gasteiger partial charge in [0, 0.05) is 18.5 Å². The molecule has 1 fully saturated rings. The molecule has 1 amide bonds. The van der Waals surface area contributed by atoms with Crippen molar-refractivity contribution in [3.05, 3.63) is 59.7 Å². The molecule has 2 N–H and O–H groups in total. The predicted octanol–water partition coefficient (Wildman–Crippen LogP) is 2.55. The number of benzene rings is 2. The van der Waals surface area contributed by atoms with Crippen LogP contribution in [0.4, 0.5) is 5.69 Å². The number of hydrogen-bond donors (Lipinski definition) is 1. The lowest BCUT2D eigenvalue weighted by molar-refractivity contribution is -0.127. The highest BCUT2D eigenvalue weighted by Gasteiger charge is 2.33. The molecule has 8 nitrogen and oxygen atoms in total. The topological polar surface area (TPSA) is 119 Å². The summed E-state index contributed by atoms with van der Waals surface area (Å²) in [4.78, 5) is 26.4. The van der Waals surface area contributed by atoms with Crippen LogP contribution in [0.5, 0.6) is 0 Å². The third-order valence-corrected chi connectivity index (χ3v) is 6.50. The predicted molar refractivity (Wildman–Crippen MR) is 111 cm³/mol. The molecule has 2 aromatic rings. The van der Waals surface area contributed by atoms with Crippen LogP contribution in [0.2, 0.25) is 0 Å². The lowest BCUT2D eigenvalue weighted by Crippen LogP contribution is -2.35. The molecule has 0 bridgehead atoms. The van der Waals surface area contributed by atoms with Crippen LogP contribution in [-0.2, 0) is 19.6 Å². The van der Waals surface area contributed by atoms with Crippen LogP contribution < -0.4 is 10.6 Å². The number of hydrogen-bond acceptors (Lipinski definition) is 6. The zero-order valence-corrected chi connectivity index (χ0v) is 17.0. The Labute approximate surface area is 174 Å². The molecular weight excluding hydrogens is 406 g/mol. The fourth-order valence-electron chi connectivity index (χ4n) is 3.70. The van der Waals surface area contributed by atoms with E-state index in [2.05, 4.69) is 4.40 Å². The maximum Gasteiger partial charge on any atom is 0.339 e. The Morgan fingerprint density at radius 2 is 1.83 bits per heavy atom. The number of sulfonamides is 1. The molecule has 1 saturated heterocycles. The van der Waals surface area contributed by atoms with Gasteiger partial charge in [-0.1, -0.05) is 36.8 Å². The minimum atomic E-state index is -3.93. The fraction of sp³-hybridized carbons (Fsp3) is 0.286. The van der Waals surface area contributed by atoms with Crippen molar-refractivity contribution >= 4 is 33.4 Å². The third kappa shape index (κ3) is 3.80. The van der Waals surface area contributed by atoms with E-state index in [0.29, 0.717) is 30.1 Å². The largest absolute Gasteiger partial charge is 0.444 e. The highest BCUT2D eigenvalue weighted by Crippen LogP contribution is 2.35. The summed E-state index contributed by atoms with van der Waals surface area (Å²) in [6, 6.07) is 12.7. The zero-order valence-electron chi connectivity index (χ0n) is 16.2. The van der Waals surface area contributed by atoms with E-state index in [9.17, 15) is 18.0 Å². The zero-order chi connectivity index (χ0) is 21.3. The summed E-state index contributed by atoms with van der Waals surface area (Å²) in [5.74, 6) is -1.13. The average Bonchev–Trinajstić information content (AvgIpc) is 2.97. The number of primary amides is 1. The van der Waals surface area contributed by atoms with Crippen molar-refractivity contribution in [2.75, 3.05) is 11.4 Å². The highest BCUT2D eigenvalue weighted by molar-refractivity contribution is 7.90. The summed E-state index contributed by atoms with van der Waals surface area (Å²) in [6.45, 7) is 0.670. The second-order valence-electron chi connectivity index (χ2n) is 7.23. The van der Waals surface area contributed by atoms with E-state index in [-0.39, 0.29) is 10.5 Å². The van der Waals surface area contributed by atoms with Gasteiger partial charge in [-0.3, -0.25) is 4.79 Å². The number of esters is 1. The van der Waals surface area contributed by atoms with Gasteiger partial charge < -0.3 is 15.4 Å². The molecule has 1 unspecified atom stereocenters. The minimum Gasteiger partial charge on any atom is -0.444 e. The quantitative estimate of drug-likeness (QED) is 0.749. The number of carbonyl (C=O) groups excluding carboxylic acids is 2. The van der Waals surface area contributed by atoms with Gasteiger partial charge in [0.1, 0.15) is 10.7 Å². The van der Waals surface area contributed by atoms with E-state index in [1.54, 1.807) is 36.4 Å². The van der Waals surface area contributed by atoms with Gasteiger partial charge >= 0.3 is 5.97 Å². The summed E-state index contributed by atoms with van der Waals surface area (Å²) in [5.41, 5.74) is 6.35. The first-order valence-electron chi connectivity index (χ1n) is 9.67. The fourth-order valence-corrected chi connectivity index (χ4v) is 4.98. The van der Waals surface area contributed by atoms with Crippen molar-refractivity contribution < 1.29 is 22.7 Å². The molecule has 2 aliphatic rings. The normalized spacial score (nSPS) is 18.3. The minimum absolute atomic E-state index is 0.00739. The van der Waals surface area contributed by atoms with Gasteiger partial charge in [-0.15, -0.1) is 4.40 Å². The number of nitrogens with two attached hydrogens (primary N) is 1. The molecule has 0 spiro atoms. The maximum atomic E-state index is 12.7. The van der Waals surface area contributed by atoms with Crippen molar-refractivity contribution in [2.24, 2.45) is 10.1 Å². The van der Waals surface area contributed by atoms with Crippen molar-refractivity contribution in [3.8, 4) is 0 Å². The maximum absolute atomic E-state index is 12.7. The molecule has 156 valence electrons. The van der Waals surface area contributed by atoms with E-state index in [4.69, 9.17) is 10.5 Å². The molecule has 2 heterocycles. The molecule has 0 aromatic heterocycles. The number of fused-ring (bicyclic) bond motifs is 3. The summed E-state index contributed by atoms with van der Waals surface area (Å²) in [7, 11) is -3.93. The number of carbonyl (C=O) groups is 2. The Kier molecular flexibility index (Phi) is 5.29. The molecule has 0 saturated carbocycles. The Bertz CT molecular complexity index is 1130. The molecule has 9 heteroatoms. The number of ether oxygens (including phenoxy) is 1. The molecule has 2 aromatic carbocycles. The van der Waals surface area contributed by atoms with Crippen LogP contribution >= 0.6 is 0 Å². The standard InChI is InChI=1S/C21H21N3O5S/c22-20(25)19(14-7-3-1-4-8-14)29-21(26)15-10-11-16-17(13-15)30(27,28)23-18-9-5-2-6-12-24(16)18/h1,3-4,7-8,10-11,13,19H,2,5-6,9,12H2,(H2,22,25). The Balaban J connectivity index is 1.66. The molecule has 2 aliphatic heterocycles. The van der Waals surface area contributed by atoms with Crippen LogP contribution in [0.15, 0.2) is 57.8 Å². The number of amides is 1. The molecule has 30 heavy (non-hydrogen) atoms. The molecular formula is C21H21N3O5S. The van der Waals surface area contributed by atoms with Crippen LogP contribution in [0.25, 0.3) is 0 Å². The first-order valence-corrected chi connectivity index (χ1v) is 11.1. The average molecular weight is 427 g/mol. The number of amidine groups is 1. The Hall–Kier alpha value is -3.20. The first-order chi connectivity index (χ1) is 14.4. The Morgan fingerprint density at radius 1 is 1.07 bits per heavy atom. The summed E-state index contributed by atoms with van der Waals surface area (Å²) < 4.78 is 34.7. The van der Waals surface area contributed by atoms with Crippen molar-refractivity contribution in [1.29, 1.82) is 0 Å². The van der Waals surface area contributed by atoms with E-state index >= 15 is 0 Å². The molecule has 1 atom stereocenters. The van der Waals surface area contributed by atoms with Gasteiger partial charge in [-0.2, -0.15) is 8.42 Å². The number of anilines is 1. The summed E-state index contributed by atoms with van der Waals surface area (Å²) in [5, 5.41) is 0. The second-order valence-corrected chi connectivity index (χ2v) is 8.80. The molecule has 4 rings (SSSR count). The lowest BCUT2D eigenvalue weighted by atomic mass is 10.1. The van der Waals surface area contributed by atoms with Crippen LogP contribution in [0, 0.1) is 0 Å². The SMILES string of the molecule is NC(=O)C(OC(=O)c1ccc2c(c1)S(=O)(=O)N=C1CCCCCN12)c1ccccc1. The van der Waals surface area contributed by atoms with Crippen molar-refractivity contribution in [3.63, 3.8) is 0 Å². The monoisotopic (exact) mass is 427 g/mol. The van der Waals surface area contributed by atoms with Crippen LogP contribution in [-0.4, -0.2) is 32.7 Å². The Morgan fingerprint density at radius 3 is 2.57 bits per heavy atom. The van der Waals surface area contributed by atoms with E-state index in [1.165, 1.54) is 12.1 Å². The van der Waals surface area contributed by atoms with Gasteiger partial charge in [0.2, 0.25) is 6.10 Å². The summed E-state index contributed by atoms with van der Waals surface area (Å²) >= 11 is 0. The van der Waals surface area contributed by atoms with E-state index in [1.807, 2.05) is 4.90 Å². The summed E-state index contributed by atoms with van der Waals surface area (Å²) in [6.07, 6.45) is 2.14. The smallest absolute Gasteiger partial charge is 0.339 e. The van der Waals surface area contributed by atoms with E-state index < -0.39 is 28.0 Å². The van der Waals surface area contributed by atoms with Crippen molar-refractivity contribution in [1.82, 2.24) is 0 Å². The second kappa shape index (κ2) is 7.91. The highest BCUT2D eigenvalue weighted by atomic mass is 32.2. The third-order valence-electron chi connectivity index (χ3n) is 5.17. The van der Waals surface area contributed by atoms with Gasteiger partial charge in [-0.25, -0.2) is 4.79 Å².